The van der Waals surface area contributed by atoms with Gasteiger partial charge in [-0.15, -0.1) is 0 Å². The molecule has 0 saturated heterocycles. The third-order valence-corrected chi connectivity index (χ3v) is 3.36. The molecule has 2 heteroatoms. The second-order valence-electron chi connectivity index (χ2n) is 4.40. The van der Waals surface area contributed by atoms with Gasteiger partial charge in [-0.2, -0.15) is 0 Å². The molecule has 0 spiro atoms. The Labute approximate surface area is 118 Å². The Morgan fingerprint density at radius 2 is 1.39 bits per heavy atom. The Morgan fingerprint density at radius 1 is 0.944 bits per heavy atom. The number of benzene rings is 2. The van der Waals surface area contributed by atoms with Gasteiger partial charge in [0.05, 0.1) is 0 Å². The molecule has 0 aromatic heterocycles. The highest BCUT2D eigenvalue weighted by Gasteiger charge is 2.16. The maximum Gasteiger partial charge on any atom is 0.213 e. The molecule has 18 heavy (non-hydrogen) atoms. The Hall–Kier alpha value is -1.28. The zero-order valence-electron chi connectivity index (χ0n) is 10.5. The van der Waals surface area contributed by atoms with E-state index in [1.54, 1.807) is 0 Å². The fourth-order valence-electron chi connectivity index (χ4n) is 2.12. The lowest BCUT2D eigenvalue weighted by atomic mass is 9.39. The largest absolute Gasteiger partial charge is 0.213 e. The van der Waals surface area contributed by atoms with Crippen molar-refractivity contribution in [2.45, 2.75) is 13.2 Å². The van der Waals surface area contributed by atoms with Crippen molar-refractivity contribution in [1.82, 2.24) is 0 Å². The van der Waals surface area contributed by atoms with Crippen LogP contribution in [0.5, 0.6) is 0 Å². The number of allylic oxidation sites excluding steroid dienone is 2. The second kappa shape index (κ2) is 6.60. The van der Waals surface area contributed by atoms with E-state index in [0.717, 1.165) is 6.32 Å². The normalized spacial score (nSPS) is 11.3. The summed E-state index contributed by atoms with van der Waals surface area (Å²) in [5.74, 6) is 0. The van der Waals surface area contributed by atoms with Gasteiger partial charge in [-0.1, -0.05) is 93.6 Å². The minimum Gasteiger partial charge on any atom is -0.0811 e. The van der Waals surface area contributed by atoms with Crippen molar-refractivity contribution in [3.63, 3.8) is 0 Å². The molecule has 0 aliphatic heterocycles. The maximum atomic E-state index is 3.51. The Bertz CT molecular complexity index is 462. The van der Waals surface area contributed by atoms with Crippen molar-refractivity contribution in [1.29, 1.82) is 0 Å². The molecule has 0 N–H and O–H groups in total. The van der Waals surface area contributed by atoms with Crippen molar-refractivity contribution in [3.8, 4) is 0 Å². The highest BCUT2D eigenvalue weighted by molar-refractivity contribution is 9.11. The van der Waals surface area contributed by atoms with Gasteiger partial charge in [-0.05, 0) is 17.7 Å². The van der Waals surface area contributed by atoms with E-state index in [4.69, 9.17) is 0 Å². The summed E-state index contributed by atoms with van der Waals surface area (Å²) in [6.07, 6.45) is 3.26. The first-order valence-corrected chi connectivity index (χ1v) is 6.99. The molecular weight excluding hydrogens is 283 g/mol. The Balaban J connectivity index is 2.32. The van der Waals surface area contributed by atoms with Crippen LogP contribution in [-0.4, -0.2) is 6.71 Å². The molecule has 0 radical (unpaired) electrons. The molecule has 0 bridgehead atoms. The summed E-state index contributed by atoms with van der Waals surface area (Å²) < 4.78 is 1.19. The van der Waals surface area contributed by atoms with E-state index in [1.807, 2.05) is 0 Å². The van der Waals surface area contributed by atoms with Crippen LogP contribution in [0.2, 0.25) is 6.32 Å². The van der Waals surface area contributed by atoms with Crippen LogP contribution in [0.25, 0.3) is 0 Å². The molecular formula is C16H16BBr. The Morgan fingerprint density at radius 3 is 1.78 bits per heavy atom. The summed E-state index contributed by atoms with van der Waals surface area (Å²) in [7, 11) is 0. The third-order valence-electron chi connectivity index (χ3n) is 3.04. The topological polar surface area (TPSA) is 0 Å². The predicted molar refractivity (Wildman–Crippen MR) is 85.4 cm³/mol. The van der Waals surface area contributed by atoms with Gasteiger partial charge in [0.25, 0.3) is 0 Å². The summed E-state index contributed by atoms with van der Waals surface area (Å²) in [5.41, 5.74) is 2.74. The zero-order chi connectivity index (χ0) is 12.8. The number of halogens is 1. The monoisotopic (exact) mass is 298 g/mol. The molecule has 2 rings (SSSR count). The first-order valence-electron chi connectivity index (χ1n) is 6.19. The van der Waals surface area contributed by atoms with Crippen LogP contribution in [0.15, 0.2) is 71.2 Å². The van der Waals surface area contributed by atoms with Crippen LogP contribution in [0.3, 0.4) is 0 Å². The van der Waals surface area contributed by atoms with E-state index >= 15 is 0 Å². The molecule has 0 aliphatic rings. The van der Waals surface area contributed by atoms with Crippen molar-refractivity contribution in [3.05, 3.63) is 71.2 Å². The highest BCUT2D eigenvalue weighted by Crippen LogP contribution is 2.07. The van der Waals surface area contributed by atoms with Crippen LogP contribution < -0.4 is 10.9 Å². The van der Waals surface area contributed by atoms with Crippen LogP contribution in [0.4, 0.5) is 0 Å². The third kappa shape index (κ3) is 3.61. The first-order chi connectivity index (χ1) is 8.77. The Kier molecular flexibility index (Phi) is 4.83. The van der Waals surface area contributed by atoms with Gasteiger partial charge in [0.2, 0.25) is 6.71 Å². The van der Waals surface area contributed by atoms with Crippen molar-refractivity contribution in [2.24, 2.45) is 0 Å². The van der Waals surface area contributed by atoms with Gasteiger partial charge in [0.15, 0.2) is 0 Å². The lowest BCUT2D eigenvalue weighted by molar-refractivity contribution is 1.56. The number of hydrogen-bond donors (Lipinski definition) is 0. The van der Waals surface area contributed by atoms with Crippen LogP contribution in [-0.2, 0) is 0 Å². The van der Waals surface area contributed by atoms with E-state index in [2.05, 4.69) is 89.6 Å². The van der Waals surface area contributed by atoms with Crippen LogP contribution >= 0.6 is 15.9 Å². The molecule has 0 aliphatic carbocycles. The minimum absolute atomic E-state index is 0.430. The lowest BCUT2D eigenvalue weighted by Gasteiger charge is -2.12. The van der Waals surface area contributed by atoms with Gasteiger partial charge in [-0.25, -0.2) is 0 Å². The quantitative estimate of drug-likeness (QED) is 0.757. The molecule has 0 amide bonds. The van der Waals surface area contributed by atoms with Gasteiger partial charge in [0.1, 0.15) is 0 Å². The summed E-state index contributed by atoms with van der Waals surface area (Å²) >= 11 is 3.51. The van der Waals surface area contributed by atoms with Crippen molar-refractivity contribution in [2.75, 3.05) is 0 Å². The standard InChI is InChI=1S/C16H16BBr/c1-14(18)12-13-17(15-8-4-2-5-9-15)16-10-6-3-7-11-16/h2-12H,13H2,1H3. The molecule has 0 heterocycles. The van der Waals surface area contributed by atoms with E-state index in [-0.39, 0.29) is 0 Å². The first kappa shape index (κ1) is 13.2. The van der Waals surface area contributed by atoms with Crippen LogP contribution in [0, 0.1) is 0 Å². The average Bonchev–Trinajstić information content (AvgIpc) is 2.41. The molecule has 0 saturated carbocycles. The molecule has 90 valence electrons. The predicted octanol–water partition coefficient (Wildman–Crippen LogP) is 3.59. The SMILES string of the molecule is CC(Br)=CCB(c1ccccc1)c1ccccc1. The highest BCUT2D eigenvalue weighted by atomic mass is 79.9. The maximum absolute atomic E-state index is 3.51. The number of hydrogen-bond acceptors (Lipinski definition) is 0. The summed E-state index contributed by atoms with van der Waals surface area (Å²) in [6, 6.07) is 21.4. The smallest absolute Gasteiger partial charge is 0.0811 e. The fourth-order valence-corrected chi connectivity index (χ4v) is 2.30. The van der Waals surface area contributed by atoms with E-state index in [0.29, 0.717) is 6.71 Å². The van der Waals surface area contributed by atoms with E-state index in [9.17, 15) is 0 Å². The van der Waals surface area contributed by atoms with E-state index in [1.165, 1.54) is 15.4 Å². The molecule has 0 unspecified atom stereocenters. The van der Waals surface area contributed by atoms with Crippen molar-refractivity contribution >= 4 is 33.6 Å². The summed E-state index contributed by atoms with van der Waals surface area (Å²) in [4.78, 5) is 0. The van der Waals surface area contributed by atoms with Crippen LogP contribution in [0.1, 0.15) is 6.92 Å². The van der Waals surface area contributed by atoms with Gasteiger partial charge < -0.3 is 0 Å². The van der Waals surface area contributed by atoms with Gasteiger partial charge in [-0.3, -0.25) is 0 Å². The molecule has 2 aromatic carbocycles. The molecule has 0 atom stereocenters. The van der Waals surface area contributed by atoms with Gasteiger partial charge >= 0.3 is 0 Å². The van der Waals surface area contributed by atoms with E-state index < -0.39 is 0 Å². The minimum atomic E-state index is 0.430. The zero-order valence-corrected chi connectivity index (χ0v) is 12.1. The summed E-state index contributed by atoms with van der Waals surface area (Å²) in [5, 5.41) is 0. The second-order valence-corrected chi connectivity index (χ2v) is 5.65. The molecule has 0 fully saturated rings. The molecule has 2 aromatic rings. The van der Waals surface area contributed by atoms with Gasteiger partial charge in [0, 0.05) is 0 Å². The molecule has 0 nitrogen and oxygen atoms in total. The van der Waals surface area contributed by atoms with Crippen molar-refractivity contribution < 1.29 is 0 Å². The average molecular weight is 299 g/mol. The lowest BCUT2D eigenvalue weighted by Crippen LogP contribution is -2.41. The summed E-state index contributed by atoms with van der Waals surface area (Å²) in [6.45, 7) is 2.51. The number of rotatable bonds is 4. The fraction of sp³-hybridized carbons (Fsp3) is 0.125.